The molecule has 0 bridgehead atoms. The molecular formula is C21H28N4O3. The molecule has 1 aromatic carbocycles. The van der Waals surface area contributed by atoms with Gasteiger partial charge in [0.15, 0.2) is 0 Å². The Morgan fingerprint density at radius 3 is 2.75 bits per heavy atom. The fourth-order valence-corrected chi connectivity index (χ4v) is 4.03. The van der Waals surface area contributed by atoms with Crippen molar-refractivity contribution in [3.05, 3.63) is 42.0 Å². The van der Waals surface area contributed by atoms with Gasteiger partial charge in [0.1, 0.15) is 6.61 Å². The van der Waals surface area contributed by atoms with Crippen LogP contribution in [0.2, 0.25) is 0 Å². The van der Waals surface area contributed by atoms with Crippen LogP contribution >= 0.6 is 0 Å². The number of piperazine rings is 1. The van der Waals surface area contributed by atoms with E-state index in [0.717, 1.165) is 31.7 Å². The van der Waals surface area contributed by atoms with Crippen molar-refractivity contribution >= 4 is 17.8 Å². The second-order valence-corrected chi connectivity index (χ2v) is 7.70. The van der Waals surface area contributed by atoms with Crippen molar-refractivity contribution in [2.45, 2.75) is 19.4 Å². The standard InChI is InChI=1S/C21H28N4O3/c1-17-5-7-18(8-6-17)24(13-11-22-9-3-2-4-10-22)20(26)23-12-14-25-19(15-23)16-28-21(25)27/h2-3,5-8,19H,4,9-16H2,1H3. The summed E-state index contributed by atoms with van der Waals surface area (Å²) in [6.07, 6.45) is 5.21. The first-order valence-corrected chi connectivity index (χ1v) is 10.1. The SMILES string of the molecule is Cc1ccc(N(CCN2CC=CCC2)C(=O)N2CCN3C(=O)OCC3C2)cc1. The number of amides is 3. The zero-order chi connectivity index (χ0) is 19.5. The predicted molar refractivity (Wildman–Crippen MR) is 108 cm³/mol. The van der Waals surface area contributed by atoms with Crippen molar-refractivity contribution < 1.29 is 14.3 Å². The lowest BCUT2D eigenvalue weighted by Gasteiger charge is -2.38. The summed E-state index contributed by atoms with van der Waals surface area (Å²) in [5.41, 5.74) is 2.09. The Morgan fingerprint density at radius 2 is 2.00 bits per heavy atom. The maximum absolute atomic E-state index is 13.4. The smallest absolute Gasteiger partial charge is 0.410 e. The lowest BCUT2D eigenvalue weighted by molar-refractivity contribution is 0.129. The molecule has 0 radical (unpaired) electrons. The average molecular weight is 384 g/mol. The number of aryl methyl sites for hydroxylation is 1. The number of carbonyl (C=O) groups excluding carboxylic acids is 2. The summed E-state index contributed by atoms with van der Waals surface area (Å²) in [6.45, 7) is 7.49. The molecule has 4 rings (SSSR count). The van der Waals surface area contributed by atoms with Crippen LogP contribution in [-0.2, 0) is 4.74 Å². The molecule has 2 saturated heterocycles. The Labute approximate surface area is 166 Å². The van der Waals surface area contributed by atoms with Gasteiger partial charge < -0.3 is 9.64 Å². The molecule has 7 nitrogen and oxygen atoms in total. The Balaban J connectivity index is 1.47. The van der Waals surface area contributed by atoms with Crippen molar-refractivity contribution in [1.29, 1.82) is 0 Å². The summed E-state index contributed by atoms with van der Waals surface area (Å²) in [4.78, 5) is 33.0. The molecule has 7 heteroatoms. The van der Waals surface area contributed by atoms with Crippen LogP contribution < -0.4 is 4.90 Å². The van der Waals surface area contributed by atoms with E-state index in [1.165, 1.54) is 5.56 Å². The van der Waals surface area contributed by atoms with E-state index >= 15 is 0 Å². The highest BCUT2D eigenvalue weighted by Gasteiger charge is 2.39. The first-order valence-electron chi connectivity index (χ1n) is 10.1. The first kappa shape index (κ1) is 18.8. The molecule has 1 atom stereocenters. The number of rotatable bonds is 4. The van der Waals surface area contributed by atoms with E-state index in [2.05, 4.69) is 17.1 Å². The highest BCUT2D eigenvalue weighted by Crippen LogP contribution is 2.22. The second-order valence-electron chi connectivity index (χ2n) is 7.70. The lowest BCUT2D eigenvalue weighted by atomic mass is 10.2. The molecule has 150 valence electrons. The Bertz CT molecular complexity index is 749. The van der Waals surface area contributed by atoms with E-state index in [-0.39, 0.29) is 18.2 Å². The highest BCUT2D eigenvalue weighted by atomic mass is 16.6. The van der Waals surface area contributed by atoms with Crippen molar-refractivity contribution in [3.8, 4) is 0 Å². The number of carbonyl (C=O) groups is 2. The molecule has 0 saturated carbocycles. The lowest BCUT2D eigenvalue weighted by Crippen LogP contribution is -2.57. The monoisotopic (exact) mass is 384 g/mol. The third-order valence-corrected chi connectivity index (χ3v) is 5.75. The van der Waals surface area contributed by atoms with Gasteiger partial charge in [-0.3, -0.25) is 14.7 Å². The Morgan fingerprint density at radius 1 is 1.18 bits per heavy atom. The fourth-order valence-electron chi connectivity index (χ4n) is 4.03. The summed E-state index contributed by atoms with van der Waals surface area (Å²) in [7, 11) is 0. The van der Waals surface area contributed by atoms with Crippen molar-refractivity contribution in [2.75, 3.05) is 57.3 Å². The number of hydrogen-bond donors (Lipinski definition) is 0. The first-order chi connectivity index (χ1) is 13.6. The number of ether oxygens (including phenoxy) is 1. The van der Waals surface area contributed by atoms with Crippen molar-refractivity contribution in [2.24, 2.45) is 0 Å². The summed E-state index contributed by atoms with van der Waals surface area (Å²) < 4.78 is 5.14. The number of benzene rings is 1. The zero-order valence-corrected chi connectivity index (χ0v) is 16.4. The minimum atomic E-state index is -0.259. The van der Waals surface area contributed by atoms with E-state index in [0.29, 0.717) is 32.8 Å². The summed E-state index contributed by atoms with van der Waals surface area (Å²) in [6, 6.07) is 8.10. The molecule has 0 spiro atoms. The highest BCUT2D eigenvalue weighted by molar-refractivity contribution is 5.92. The van der Waals surface area contributed by atoms with Gasteiger partial charge in [-0.15, -0.1) is 0 Å². The average Bonchev–Trinajstić information content (AvgIpc) is 3.10. The predicted octanol–water partition coefficient (Wildman–Crippen LogP) is 2.32. The molecule has 3 aliphatic heterocycles. The summed E-state index contributed by atoms with van der Waals surface area (Å²) >= 11 is 0. The van der Waals surface area contributed by atoms with E-state index < -0.39 is 0 Å². The maximum Gasteiger partial charge on any atom is 0.410 e. The summed E-state index contributed by atoms with van der Waals surface area (Å²) in [5, 5.41) is 0. The second kappa shape index (κ2) is 8.22. The zero-order valence-electron chi connectivity index (χ0n) is 16.4. The molecule has 1 unspecified atom stereocenters. The van der Waals surface area contributed by atoms with Gasteiger partial charge >= 0.3 is 12.1 Å². The van der Waals surface area contributed by atoms with E-state index in [1.54, 1.807) is 4.90 Å². The number of urea groups is 1. The van der Waals surface area contributed by atoms with Crippen LogP contribution in [0, 0.1) is 6.92 Å². The fraction of sp³-hybridized carbons (Fsp3) is 0.524. The Hall–Kier alpha value is -2.54. The van der Waals surface area contributed by atoms with Crippen LogP contribution in [0.5, 0.6) is 0 Å². The van der Waals surface area contributed by atoms with Gasteiger partial charge in [-0.05, 0) is 25.5 Å². The molecule has 3 heterocycles. The molecule has 2 fully saturated rings. The van der Waals surface area contributed by atoms with Crippen LogP contribution in [0.4, 0.5) is 15.3 Å². The van der Waals surface area contributed by atoms with Gasteiger partial charge in [0.05, 0.1) is 6.04 Å². The van der Waals surface area contributed by atoms with Gasteiger partial charge in [-0.2, -0.15) is 0 Å². The van der Waals surface area contributed by atoms with Gasteiger partial charge in [-0.25, -0.2) is 9.59 Å². The minimum absolute atomic E-state index is 0.00963. The van der Waals surface area contributed by atoms with Crippen LogP contribution in [0.15, 0.2) is 36.4 Å². The summed E-state index contributed by atoms with van der Waals surface area (Å²) in [5.74, 6) is 0. The van der Waals surface area contributed by atoms with Crippen molar-refractivity contribution in [3.63, 3.8) is 0 Å². The molecule has 0 N–H and O–H groups in total. The van der Waals surface area contributed by atoms with Crippen LogP contribution in [0.1, 0.15) is 12.0 Å². The van der Waals surface area contributed by atoms with E-state index in [1.807, 2.05) is 41.0 Å². The molecule has 3 aliphatic rings. The van der Waals surface area contributed by atoms with Crippen LogP contribution in [0.25, 0.3) is 0 Å². The normalized spacial score (nSPS) is 22.2. The molecule has 1 aromatic rings. The minimum Gasteiger partial charge on any atom is -0.447 e. The van der Waals surface area contributed by atoms with Crippen LogP contribution in [0.3, 0.4) is 0 Å². The number of cyclic esters (lactones) is 1. The number of anilines is 1. The van der Waals surface area contributed by atoms with Crippen LogP contribution in [-0.4, -0.2) is 85.3 Å². The van der Waals surface area contributed by atoms with Crippen molar-refractivity contribution in [1.82, 2.24) is 14.7 Å². The Kier molecular flexibility index (Phi) is 5.52. The number of fused-ring (bicyclic) bond motifs is 1. The quantitative estimate of drug-likeness (QED) is 0.748. The molecule has 28 heavy (non-hydrogen) atoms. The molecular weight excluding hydrogens is 356 g/mol. The molecule has 0 aromatic heterocycles. The number of nitrogens with zero attached hydrogens (tertiary/aromatic N) is 4. The van der Waals surface area contributed by atoms with E-state index in [4.69, 9.17) is 4.74 Å². The third kappa shape index (κ3) is 3.99. The van der Waals surface area contributed by atoms with Gasteiger partial charge in [-0.1, -0.05) is 29.8 Å². The van der Waals surface area contributed by atoms with Gasteiger partial charge in [0.25, 0.3) is 0 Å². The van der Waals surface area contributed by atoms with E-state index in [9.17, 15) is 9.59 Å². The largest absolute Gasteiger partial charge is 0.447 e. The maximum atomic E-state index is 13.4. The topological polar surface area (TPSA) is 56.3 Å². The number of hydrogen-bond acceptors (Lipinski definition) is 4. The van der Waals surface area contributed by atoms with Gasteiger partial charge in [0, 0.05) is 51.5 Å². The molecule has 0 aliphatic carbocycles. The third-order valence-electron chi connectivity index (χ3n) is 5.75. The van der Waals surface area contributed by atoms with Gasteiger partial charge in [0.2, 0.25) is 0 Å². The molecule has 3 amide bonds.